The van der Waals surface area contributed by atoms with Crippen molar-refractivity contribution in [3.63, 3.8) is 0 Å². The smallest absolute Gasteiger partial charge is 0.401 e. The Kier molecular flexibility index (Phi) is 5.08. The molecule has 1 aromatic carbocycles. The predicted octanol–water partition coefficient (Wildman–Crippen LogP) is 3.00. The minimum Gasteiger partial charge on any atom is -0.508 e. The molecule has 0 fully saturated rings. The molecule has 0 spiro atoms. The fourth-order valence-corrected chi connectivity index (χ4v) is 1.74. The van der Waals surface area contributed by atoms with Gasteiger partial charge in [-0.1, -0.05) is 12.1 Å². The Labute approximate surface area is 103 Å². The Morgan fingerprint density at radius 2 is 2.00 bits per heavy atom. The third kappa shape index (κ3) is 5.79. The highest BCUT2D eigenvalue weighted by Crippen LogP contribution is 2.19. The van der Waals surface area contributed by atoms with Crippen molar-refractivity contribution >= 4 is 11.6 Å². The average Bonchev–Trinajstić information content (AvgIpc) is 2.15. The molecule has 0 radical (unpaired) electrons. The summed E-state index contributed by atoms with van der Waals surface area (Å²) in [5, 5.41) is 9.22. The van der Waals surface area contributed by atoms with Gasteiger partial charge in [-0.3, -0.25) is 4.90 Å². The highest BCUT2D eigenvalue weighted by Gasteiger charge is 2.30. The molecule has 17 heavy (non-hydrogen) atoms. The Balaban J connectivity index is 2.66. The molecule has 1 aromatic rings. The number of aromatic hydroxyl groups is 1. The second kappa shape index (κ2) is 6.12. The predicted molar refractivity (Wildman–Crippen MR) is 60.2 cm³/mol. The van der Waals surface area contributed by atoms with Crippen LogP contribution in [0.2, 0.25) is 0 Å². The van der Waals surface area contributed by atoms with Crippen LogP contribution in [0.15, 0.2) is 24.3 Å². The third-order valence-corrected chi connectivity index (χ3v) is 2.29. The van der Waals surface area contributed by atoms with Crippen molar-refractivity contribution in [1.82, 2.24) is 4.90 Å². The van der Waals surface area contributed by atoms with Gasteiger partial charge in [-0.2, -0.15) is 13.2 Å². The molecule has 0 aliphatic rings. The zero-order valence-corrected chi connectivity index (χ0v) is 9.80. The maximum Gasteiger partial charge on any atom is 0.401 e. The minimum atomic E-state index is -4.25. The van der Waals surface area contributed by atoms with Crippen molar-refractivity contribution in [2.75, 3.05) is 19.0 Å². The van der Waals surface area contributed by atoms with Crippen LogP contribution in [0, 0.1) is 0 Å². The van der Waals surface area contributed by atoms with E-state index in [1.807, 2.05) is 0 Å². The molecule has 0 heterocycles. The summed E-state index contributed by atoms with van der Waals surface area (Å²) in [6, 6.07) is 6.17. The summed E-state index contributed by atoms with van der Waals surface area (Å²) in [5.41, 5.74) is 0.624. The average molecular weight is 268 g/mol. The van der Waals surface area contributed by atoms with Crippen molar-refractivity contribution in [2.45, 2.75) is 12.7 Å². The van der Waals surface area contributed by atoms with Crippen LogP contribution in [0.4, 0.5) is 13.2 Å². The van der Waals surface area contributed by atoms with E-state index in [-0.39, 0.29) is 24.7 Å². The van der Waals surface area contributed by atoms with Crippen LogP contribution in [0.3, 0.4) is 0 Å². The highest BCUT2D eigenvalue weighted by atomic mass is 35.5. The first-order valence-electron chi connectivity index (χ1n) is 5.03. The molecule has 1 N–H and O–H groups in total. The topological polar surface area (TPSA) is 23.5 Å². The molecule has 2 nitrogen and oxygen atoms in total. The lowest BCUT2D eigenvalue weighted by atomic mass is 10.2. The molecule has 0 atom stereocenters. The Morgan fingerprint density at radius 1 is 1.29 bits per heavy atom. The number of phenols is 1. The number of hydrogen-bond donors (Lipinski definition) is 1. The maximum atomic E-state index is 12.3. The summed E-state index contributed by atoms with van der Waals surface area (Å²) in [6.45, 7) is -0.743. The summed E-state index contributed by atoms with van der Waals surface area (Å²) in [4.78, 5) is 1.20. The first-order chi connectivity index (χ1) is 7.90. The van der Waals surface area contributed by atoms with Crippen LogP contribution in [0.25, 0.3) is 0 Å². The van der Waals surface area contributed by atoms with Crippen LogP contribution in [-0.4, -0.2) is 35.2 Å². The van der Waals surface area contributed by atoms with Crippen LogP contribution < -0.4 is 0 Å². The van der Waals surface area contributed by atoms with Gasteiger partial charge in [0.1, 0.15) is 5.75 Å². The Hall–Kier alpha value is -0.940. The van der Waals surface area contributed by atoms with Gasteiger partial charge in [-0.25, -0.2) is 0 Å². The standard InChI is InChI=1S/C11H13ClF3NO/c12-4-5-16(8-11(13,14)15)7-9-2-1-3-10(17)6-9/h1-3,6,17H,4-5,7-8H2. The van der Waals surface area contributed by atoms with Crippen LogP contribution >= 0.6 is 11.6 Å². The first kappa shape index (κ1) is 14.1. The van der Waals surface area contributed by atoms with E-state index in [9.17, 15) is 18.3 Å². The van der Waals surface area contributed by atoms with E-state index in [2.05, 4.69) is 0 Å². The van der Waals surface area contributed by atoms with Gasteiger partial charge in [0.05, 0.1) is 6.54 Å². The summed E-state index contributed by atoms with van der Waals surface area (Å²) >= 11 is 5.46. The van der Waals surface area contributed by atoms with Gasteiger partial charge in [0, 0.05) is 19.0 Å². The number of alkyl halides is 4. The first-order valence-corrected chi connectivity index (χ1v) is 5.57. The molecular weight excluding hydrogens is 255 g/mol. The van der Waals surface area contributed by atoms with Gasteiger partial charge >= 0.3 is 6.18 Å². The Bertz CT molecular complexity index is 357. The van der Waals surface area contributed by atoms with Crippen molar-refractivity contribution in [2.24, 2.45) is 0 Å². The summed E-state index contributed by atoms with van der Waals surface area (Å²) in [7, 11) is 0. The molecule has 1 rings (SSSR count). The van der Waals surface area contributed by atoms with Gasteiger partial charge in [0.15, 0.2) is 0 Å². The third-order valence-electron chi connectivity index (χ3n) is 2.12. The zero-order chi connectivity index (χ0) is 12.9. The zero-order valence-electron chi connectivity index (χ0n) is 9.04. The molecule has 0 bridgehead atoms. The quantitative estimate of drug-likeness (QED) is 0.829. The van der Waals surface area contributed by atoms with Crippen molar-refractivity contribution in [3.05, 3.63) is 29.8 Å². The minimum absolute atomic E-state index is 0.0420. The van der Waals surface area contributed by atoms with E-state index >= 15 is 0 Å². The summed E-state index contributed by atoms with van der Waals surface area (Å²) < 4.78 is 36.8. The van der Waals surface area contributed by atoms with Crippen molar-refractivity contribution in [3.8, 4) is 5.75 Å². The normalized spacial score (nSPS) is 12.1. The number of rotatable bonds is 5. The lowest BCUT2D eigenvalue weighted by Crippen LogP contribution is -2.35. The van der Waals surface area contributed by atoms with E-state index in [1.165, 1.54) is 17.0 Å². The van der Waals surface area contributed by atoms with Gasteiger partial charge in [0.25, 0.3) is 0 Å². The summed E-state index contributed by atoms with van der Waals surface area (Å²) in [6.07, 6.45) is -4.25. The highest BCUT2D eigenvalue weighted by molar-refractivity contribution is 6.18. The van der Waals surface area contributed by atoms with Gasteiger partial charge < -0.3 is 5.11 Å². The van der Waals surface area contributed by atoms with Gasteiger partial charge in [-0.15, -0.1) is 11.6 Å². The van der Waals surface area contributed by atoms with Crippen LogP contribution in [-0.2, 0) is 6.54 Å². The molecule has 0 unspecified atom stereocenters. The molecule has 6 heteroatoms. The number of phenolic OH excluding ortho intramolecular Hbond substituents is 1. The number of halogens is 4. The molecular formula is C11H13ClF3NO. The lowest BCUT2D eigenvalue weighted by Gasteiger charge is -2.22. The molecule has 0 aromatic heterocycles. The van der Waals surface area contributed by atoms with E-state index in [0.29, 0.717) is 5.56 Å². The van der Waals surface area contributed by atoms with E-state index in [1.54, 1.807) is 12.1 Å². The molecule has 0 saturated carbocycles. The lowest BCUT2D eigenvalue weighted by molar-refractivity contribution is -0.146. The summed E-state index contributed by atoms with van der Waals surface area (Å²) in [5.74, 6) is 0.176. The Morgan fingerprint density at radius 3 is 2.53 bits per heavy atom. The second-order valence-corrected chi connectivity index (χ2v) is 4.06. The van der Waals surface area contributed by atoms with Gasteiger partial charge in [0.2, 0.25) is 0 Å². The number of nitrogens with zero attached hydrogens (tertiary/aromatic N) is 1. The van der Waals surface area contributed by atoms with Crippen LogP contribution in [0.1, 0.15) is 5.56 Å². The fraction of sp³-hybridized carbons (Fsp3) is 0.455. The molecule has 0 amide bonds. The largest absolute Gasteiger partial charge is 0.508 e. The number of hydrogen-bond acceptors (Lipinski definition) is 2. The monoisotopic (exact) mass is 267 g/mol. The van der Waals surface area contributed by atoms with Crippen LogP contribution in [0.5, 0.6) is 5.75 Å². The molecule has 96 valence electrons. The SMILES string of the molecule is Oc1cccc(CN(CCCl)CC(F)(F)F)c1. The van der Waals surface area contributed by atoms with Gasteiger partial charge in [-0.05, 0) is 17.7 Å². The van der Waals surface area contributed by atoms with Crippen molar-refractivity contribution < 1.29 is 18.3 Å². The second-order valence-electron chi connectivity index (χ2n) is 3.68. The van der Waals surface area contributed by atoms with Crippen molar-refractivity contribution in [1.29, 1.82) is 0 Å². The maximum absolute atomic E-state index is 12.3. The molecule has 0 saturated heterocycles. The molecule has 0 aliphatic carbocycles. The van der Waals surface area contributed by atoms with E-state index in [4.69, 9.17) is 11.6 Å². The molecule has 0 aliphatic heterocycles. The number of benzene rings is 1. The van der Waals surface area contributed by atoms with E-state index in [0.717, 1.165) is 0 Å². The van der Waals surface area contributed by atoms with E-state index < -0.39 is 12.7 Å². The fourth-order valence-electron chi connectivity index (χ4n) is 1.50.